The summed E-state index contributed by atoms with van der Waals surface area (Å²) in [5.74, 6) is 2.50. The van der Waals surface area contributed by atoms with Gasteiger partial charge in [0.2, 0.25) is 5.82 Å². The molecule has 0 saturated heterocycles. The molecule has 0 amide bonds. The number of carbonyl (C=O) groups is 1. The SMILES string of the molecule is CCc1n(CC(=O)OC2C[C@H](C)CC[C@H]2C(C)C)c2cncnc2[n+]1C. The van der Waals surface area contributed by atoms with Gasteiger partial charge in [-0.2, -0.15) is 0 Å². The van der Waals surface area contributed by atoms with Crippen LogP contribution in [0.25, 0.3) is 11.2 Å². The maximum absolute atomic E-state index is 12.8. The number of imidazole rings is 1. The maximum atomic E-state index is 12.8. The van der Waals surface area contributed by atoms with Crippen molar-refractivity contribution in [2.45, 2.75) is 66.0 Å². The van der Waals surface area contributed by atoms with E-state index >= 15 is 0 Å². The van der Waals surface area contributed by atoms with Crippen molar-refractivity contribution in [2.24, 2.45) is 24.8 Å². The molecule has 1 aliphatic rings. The number of aromatic nitrogens is 4. The number of nitrogens with zero attached hydrogens (tertiary/aromatic N) is 4. The second-order valence-corrected chi connectivity index (χ2v) is 8.00. The van der Waals surface area contributed by atoms with Crippen LogP contribution in [0, 0.1) is 17.8 Å². The monoisotopic (exact) mass is 359 g/mol. The van der Waals surface area contributed by atoms with Crippen molar-refractivity contribution < 1.29 is 14.1 Å². The first-order valence-corrected chi connectivity index (χ1v) is 9.78. The molecule has 1 unspecified atom stereocenters. The van der Waals surface area contributed by atoms with Gasteiger partial charge in [-0.3, -0.25) is 0 Å². The predicted molar refractivity (Wildman–Crippen MR) is 99.3 cm³/mol. The van der Waals surface area contributed by atoms with Gasteiger partial charge in [-0.05, 0) is 30.6 Å². The molecule has 0 aromatic carbocycles. The van der Waals surface area contributed by atoms with Crippen molar-refractivity contribution in [3.63, 3.8) is 0 Å². The van der Waals surface area contributed by atoms with Crippen LogP contribution in [0.4, 0.5) is 0 Å². The molecule has 142 valence electrons. The molecule has 0 aliphatic heterocycles. The Hall–Kier alpha value is -1.98. The lowest BCUT2D eigenvalue weighted by Crippen LogP contribution is -2.37. The topological polar surface area (TPSA) is 60.9 Å². The number of carbonyl (C=O) groups excluding carboxylic acids is 1. The van der Waals surface area contributed by atoms with Crippen LogP contribution in [0.5, 0.6) is 0 Å². The number of ether oxygens (including phenoxy) is 1. The molecule has 0 N–H and O–H groups in total. The summed E-state index contributed by atoms with van der Waals surface area (Å²) in [4.78, 5) is 21.3. The molecule has 3 rings (SSSR count). The van der Waals surface area contributed by atoms with E-state index in [2.05, 4.69) is 37.7 Å². The van der Waals surface area contributed by atoms with Gasteiger partial charge in [-0.25, -0.2) is 18.9 Å². The second kappa shape index (κ2) is 7.72. The van der Waals surface area contributed by atoms with Crippen molar-refractivity contribution in [2.75, 3.05) is 0 Å². The standard InChI is InChI=1S/C20H31N4O2/c1-6-18-23(5)20-16(10-21-12-22-20)24(18)11-19(25)26-17-9-14(4)7-8-15(17)13(2)3/h10,12-15,17H,6-9,11H2,1-5H3/q+1/t14-,15+,17?/m1/s1. The molecule has 1 fully saturated rings. The van der Waals surface area contributed by atoms with Gasteiger partial charge in [0.15, 0.2) is 18.4 Å². The number of rotatable bonds is 5. The summed E-state index contributed by atoms with van der Waals surface area (Å²) in [6.07, 6.45) is 7.50. The summed E-state index contributed by atoms with van der Waals surface area (Å²) in [6, 6.07) is 0. The van der Waals surface area contributed by atoms with Crippen LogP contribution in [-0.2, 0) is 29.5 Å². The lowest BCUT2D eigenvalue weighted by molar-refractivity contribution is -0.655. The Bertz CT molecular complexity index is 783. The Morgan fingerprint density at radius 2 is 2.19 bits per heavy atom. The largest absolute Gasteiger partial charge is 0.460 e. The Morgan fingerprint density at radius 3 is 2.88 bits per heavy atom. The fraction of sp³-hybridized carbons (Fsp3) is 0.700. The first kappa shape index (κ1) is 18.8. The zero-order valence-electron chi connectivity index (χ0n) is 16.6. The second-order valence-electron chi connectivity index (χ2n) is 8.00. The molecule has 1 aliphatic carbocycles. The van der Waals surface area contributed by atoms with E-state index in [1.807, 2.05) is 16.2 Å². The normalized spacial score (nSPS) is 23.5. The Morgan fingerprint density at radius 1 is 1.42 bits per heavy atom. The Kier molecular flexibility index (Phi) is 5.58. The van der Waals surface area contributed by atoms with E-state index in [9.17, 15) is 4.79 Å². The molecule has 2 aromatic rings. The van der Waals surface area contributed by atoms with E-state index in [1.165, 1.54) is 6.42 Å². The van der Waals surface area contributed by atoms with Crippen LogP contribution in [0.3, 0.4) is 0 Å². The highest BCUT2D eigenvalue weighted by molar-refractivity contribution is 5.73. The molecule has 2 heterocycles. The number of fused-ring (bicyclic) bond motifs is 1. The van der Waals surface area contributed by atoms with Gasteiger partial charge in [-0.15, -0.1) is 0 Å². The lowest BCUT2D eigenvalue weighted by atomic mass is 9.75. The van der Waals surface area contributed by atoms with Crippen molar-refractivity contribution in [3.05, 3.63) is 18.3 Å². The third kappa shape index (κ3) is 3.60. The van der Waals surface area contributed by atoms with E-state index in [4.69, 9.17) is 4.74 Å². The van der Waals surface area contributed by atoms with Gasteiger partial charge in [0.1, 0.15) is 6.10 Å². The molecular weight excluding hydrogens is 328 g/mol. The van der Waals surface area contributed by atoms with Crippen LogP contribution in [0.1, 0.15) is 52.8 Å². The third-order valence-corrected chi connectivity index (χ3v) is 5.83. The number of aryl methyl sites for hydroxylation is 1. The summed E-state index contributed by atoms with van der Waals surface area (Å²) >= 11 is 0. The smallest absolute Gasteiger partial charge is 0.341 e. The molecule has 0 radical (unpaired) electrons. The highest BCUT2D eigenvalue weighted by Gasteiger charge is 2.34. The first-order chi connectivity index (χ1) is 12.4. The van der Waals surface area contributed by atoms with E-state index in [0.717, 1.165) is 36.3 Å². The van der Waals surface area contributed by atoms with Crippen molar-refractivity contribution in [3.8, 4) is 0 Å². The predicted octanol–water partition coefficient (Wildman–Crippen LogP) is 2.82. The summed E-state index contributed by atoms with van der Waals surface area (Å²) in [5.41, 5.74) is 1.72. The summed E-state index contributed by atoms with van der Waals surface area (Å²) in [5, 5.41) is 0. The number of hydrogen-bond donors (Lipinski definition) is 0. The van der Waals surface area contributed by atoms with Gasteiger partial charge in [0, 0.05) is 6.42 Å². The molecule has 1 saturated carbocycles. The van der Waals surface area contributed by atoms with Gasteiger partial charge in [0.05, 0.1) is 13.2 Å². The fourth-order valence-electron chi connectivity index (χ4n) is 4.40. The van der Waals surface area contributed by atoms with Crippen molar-refractivity contribution >= 4 is 17.1 Å². The molecule has 6 heteroatoms. The highest BCUT2D eigenvalue weighted by atomic mass is 16.5. The van der Waals surface area contributed by atoms with Crippen molar-refractivity contribution in [1.82, 2.24) is 14.5 Å². The van der Waals surface area contributed by atoms with Gasteiger partial charge < -0.3 is 4.74 Å². The van der Waals surface area contributed by atoms with E-state index < -0.39 is 0 Å². The molecule has 0 spiro atoms. The van der Waals surface area contributed by atoms with Crippen LogP contribution in [-0.4, -0.2) is 26.6 Å². The maximum Gasteiger partial charge on any atom is 0.341 e. The quantitative estimate of drug-likeness (QED) is 0.608. The summed E-state index contributed by atoms with van der Waals surface area (Å²) in [7, 11) is 1.98. The van der Waals surface area contributed by atoms with Gasteiger partial charge >= 0.3 is 11.6 Å². The highest BCUT2D eigenvalue weighted by Crippen LogP contribution is 2.35. The number of esters is 1. The molecular formula is C20H31N4O2+. The minimum atomic E-state index is -0.161. The third-order valence-electron chi connectivity index (χ3n) is 5.83. The van der Waals surface area contributed by atoms with E-state index in [-0.39, 0.29) is 18.6 Å². The number of hydrogen-bond acceptors (Lipinski definition) is 4. The van der Waals surface area contributed by atoms with Crippen LogP contribution in [0.15, 0.2) is 12.5 Å². The molecule has 6 nitrogen and oxygen atoms in total. The zero-order chi connectivity index (χ0) is 18.8. The molecule has 0 bridgehead atoms. The van der Waals surface area contributed by atoms with Crippen molar-refractivity contribution in [1.29, 1.82) is 0 Å². The minimum Gasteiger partial charge on any atom is -0.460 e. The zero-order valence-corrected chi connectivity index (χ0v) is 16.6. The average molecular weight is 359 g/mol. The van der Waals surface area contributed by atoms with E-state index in [1.54, 1.807) is 12.5 Å². The van der Waals surface area contributed by atoms with E-state index in [0.29, 0.717) is 17.8 Å². The van der Waals surface area contributed by atoms with Crippen LogP contribution in [0.2, 0.25) is 0 Å². The van der Waals surface area contributed by atoms with Gasteiger partial charge in [-0.1, -0.05) is 39.1 Å². The lowest BCUT2D eigenvalue weighted by Gasteiger charge is -2.36. The average Bonchev–Trinajstić information content (AvgIpc) is 2.86. The molecule has 26 heavy (non-hydrogen) atoms. The first-order valence-electron chi connectivity index (χ1n) is 9.78. The molecule has 2 aromatic heterocycles. The summed E-state index contributed by atoms with van der Waals surface area (Å²) in [6.45, 7) is 9.01. The summed E-state index contributed by atoms with van der Waals surface area (Å²) < 4.78 is 10.0. The fourth-order valence-corrected chi connectivity index (χ4v) is 4.40. The molecule has 3 atom stereocenters. The van der Waals surface area contributed by atoms with Gasteiger partial charge in [0.25, 0.3) is 0 Å². The Labute approximate surface area is 155 Å². The van der Waals surface area contributed by atoms with Crippen LogP contribution < -0.4 is 4.57 Å². The Balaban J connectivity index is 1.81. The van der Waals surface area contributed by atoms with Crippen LogP contribution >= 0.6 is 0 Å². The minimum absolute atomic E-state index is 0.0307.